The van der Waals surface area contributed by atoms with Crippen LogP contribution in [0.3, 0.4) is 0 Å². The fourth-order valence-corrected chi connectivity index (χ4v) is 1.73. The number of aromatic nitrogens is 2. The fourth-order valence-electron chi connectivity index (χ4n) is 1.73. The quantitative estimate of drug-likeness (QED) is 0.851. The first-order valence-electron chi connectivity index (χ1n) is 5.65. The van der Waals surface area contributed by atoms with Gasteiger partial charge in [0.25, 0.3) is 5.56 Å². The molecule has 20 heavy (non-hydrogen) atoms. The third kappa shape index (κ3) is 2.66. The topological polar surface area (TPSA) is 44.1 Å². The molecule has 0 aliphatic carbocycles. The van der Waals surface area contributed by atoms with E-state index in [4.69, 9.17) is 4.74 Å². The molecule has 4 nitrogen and oxygen atoms in total. The normalized spacial score (nSPS) is 11.4. The van der Waals surface area contributed by atoms with Crippen LogP contribution in [0.15, 0.2) is 35.1 Å². The van der Waals surface area contributed by atoms with E-state index in [1.807, 2.05) is 0 Å². The highest BCUT2D eigenvalue weighted by molar-refractivity contribution is 5.37. The molecule has 2 rings (SSSR count). The van der Waals surface area contributed by atoms with Crippen LogP contribution in [-0.4, -0.2) is 16.9 Å². The highest BCUT2D eigenvalue weighted by Crippen LogP contribution is 2.30. The van der Waals surface area contributed by atoms with Gasteiger partial charge in [-0.3, -0.25) is 4.79 Å². The number of ether oxygens (including phenoxy) is 1. The summed E-state index contributed by atoms with van der Waals surface area (Å²) in [6, 6.07) is 5.61. The predicted molar refractivity (Wildman–Crippen MR) is 66.1 cm³/mol. The summed E-state index contributed by atoms with van der Waals surface area (Å²) >= 11 is 0. The average molecular weight is 284 g/mol. The van der Waals surface area contributed by atoms with Crippen molar-refractivity contribution in [2.45, 2.75) is 13.1 Å². The molecule has 7 heteroatoms. The Hall–Kier alpha value is -2.31. The zero-order chi connectivity index (χ0) is 14.9. The molecule has 0 bridgehead atoms. The first-order valence-corrected chi connectivity index (χ1v) is 5.65. The summed E-state index contributed by atoms with van der Waals surface area (Å²) in [5, 5.41) is 3.95. The number of methoxy groups -OCH3 is 1. The Kier molecular flexibility index (Phi) is 3.52. The van der Waals surface area contributed by atoms with Crippen LogP contribution in [0.25, 0.3) is 5.69 Å². The third-order valence-electron chi connectivity index (χ3n) is 2.71. The van der Waals surface area contributed by atoms with Crippen LogP contribution in [0.2, 0.25) is 0 Å². The first kappa shape index (κ1) is 14.1. The Morgan fingerprint density at radius 2 is 1.95 bits per heavy atom. The van der Waals surface area contributed by atoms with Crippen molar-refractivity contribution in [2.75, 3.05) is 7.11 Å². The van der Waals surface area contributed by atoms with E-state index < -0.39 is 17.3 Å². The number of aryl methyl sites for hydroxylation is 1. The molecule has 0 radical (unpaired) electrons. The number of nitrogens with zero attached hydrogens (tertiary/aromatic N) is 2. The Balaban J connectivity index is 2.58. The highest BCUT2D eigenvalue weighted by atomic mass is 19.4. The summed E-state index contributed by atoms with van der Waals surface area (Å²) in [6.07, 6.45) is -4.47. The van der Waals surface area contributed by atoms with Gasteiger partial charge in [-0.2, -0.15) is 23.0 Å². The summed E-state index contributed by atoms with van der Waals surface area (Å²) in [5.41, 5.74) is -0.941. The summed E-state index contributed by atoms with van der Waals surface area (Å²) in [5.74, 6) is 0.290. The molecular weight excluding hydrogens is 273 g/mol. The Morgan fingerprint density at radius 1 is 1.25 bits per heavy atom. The van der Waals surface area contributed by atoms with Gasteiger partial charge in [0, 0.05) is 6.07 Å². The van der Waals surface area contributed by atoms with Crippen molar-refractivity contribution >= 4 is 0 Å². The van der Waals surface area contributed by atoms with Gasteiger partial charge in [-0.05, 0) is 25.1 Å². The van der Waals surface area contributed by atoms with E-state index in [2.05, 4.69) is 5.10 Å². The minimum Gasteiger partial charge on any atom is -0.495 e. The molecular formula is C13H11F3N2O2. The molecule has 0 fully saturated rings. The lowest BCUT2D eigenvalue weighted by molar-refractivity contribution is -0.137. The van der Waals surface area contributed by atoms with E-state index >= 15 is 0 Å². The lowest BCUT2D eigenvalue weighted by atomic mass is 10.2. The summed E-state index contributed by atoms with van der Waals surface area (Å²) in [6.45, 7) is 1.60. The molecule has 0 saturated heterocycles. The van der Waals surface area contributed by atoms with Gasteiger partial charge in [-0.25, -0.2) is 0 Å². The van der Waals surface area contributed by atoms with Gasteiger partial charge >= 0.3 is 6.18 Å². The molecule has 0 aliphatic heterocycles. The number of benzene rings is 1. The van der Waals surface area contributed by atoms with Gasteiger partial charge < -0.3 is 4.74 Å². The van der Waals surface area contributed by atoms with Crippen molar-refractivity contribution in [3.8, 4) is 11.4 Å². The molecule has 1 aromatic heterocycles. The zero-order valence-electron chi connectivity index (χ0n) is 10.7. The summed E-state index contributed by atoms with van der Waals surface area (Å²) in [7, 11) is 1.39. The van der Waals surface area contributed by atoms with Gasteiger partial charge in [-0.1, -0.05) is 6.07 Å². The minimum atomic E-state index is -4.47. The van der Waals surface area contributed by atoms with Crippen molar-refractivity contribution in [1.82, 2.24) is 9.78 Å². The maximum atomic E-state index is 12.7. The molecule has 0 aliphatic rings. The monoisotopic (exact) mass is 284 g/mol. The van der Waals surface area contributed by atoms with Crippen molar-refractivity contribution in [2.24, 2.45) is 0 Å². The molecule has 0 saturated carbocycles. The number of alkyl halides is 3. The molecule has 1 heterocycles. The number of rotatable bonds is 2. The van der Waals surface area contributed by atoms with Gasteiger partial charge in [0.1, 0.15) is 11.4 Å². The highest BCUT2D eigenvalue weighted by Gasteiger charge is 2.30. The van der Waals surface area contributed by atoms with Crippen molar-refractivity contribution in [3.63, 3.8) is 0 Å². The molecule has 2 aromatic rings. The maximum absolute atomic E-state index is 12.7. The van der Waals surface area contributed by atoms with Crippen LogP contribution < -0.4 is 10.3 Å². The summed E-state index contributed by atoms with van der Waals surface area (Å²) in [4.78, 5) is 11.9. The van der Waals surface area contributed by atoms with E-state index in [0.717, 1.165) is 16.8 Å². The maximum Gasteiger partial charge on any atom is 0.416 e. The van der Waals surface area contributed by atoms with Crippen LogP contribution in [0, 0.1) is 6.92 Å². The second-order valence-corrected chi connectivity index (χ2v) is 4.10. The fraction of sp³-hybridized carbons (Fsp3) is 0.231. The molecule has 0 unspecified atom stereocenters. The smallest absolute Gasteiger partial charge is 0.416 e. The second-order valence-electron chi connectivity index (χ2n) is 4.10. The third-order valence-corrected chi connectivity index (χ3v) is 2.71. The predicted octanol–water partition coefficient (Wildman–Crippen LogP) is 2.57. The number of hydrogen-bond acceptors (Lipinski definition) is 3. The van der Waals surface area contributed by atoms with Crippen LogP contribution >= 0.6 is 0 Å². The minimum absolute atomic E-state index is 0.0515. The first-order chi connectivity index (χ1) is 9.32. The van der Waals surface area contributed by atoms with Crippen molar-refractivity contribution in [1.29, 1.82) is 0 Å². The average Bonchev–Trinajstić information content (AvgIpc) is 2.40. The Bertz CT molecular complexity index is 693. The lowest BCUT2D eigenvalue weighted by Crippen LogP contribution is -2.22. The molecule has 0 spiro atoms. The molecule has 106 valence electrons. The van der Waals surface area contributed by atoms with Crippen molar-refractivity contribution in [3.05, 3.63) is 51.9 Å². The summed E-state index contributed by atoms with van der Waals surface area (Å²) < 4.78 is 43.8. The van der Waals surface area contributed by atoms with E-state index in [-0.39, 0.29) is 5.69 Å². The number of halogens is 3. The van der Waals surface area contributed by atoms with E-state index in [1.54, 1.807) is 6.92 Å². The van der Waals surface area contributed by atoms with E-state index in [0.29, 0.717) is 11.4 Å². The van der Waals surface area contributed by atoms with Gasteiger partial charge in [0.2, 0.25) is 0 Å². The van der Waals surface area contributed by atoms with Crippen LogP contribution in [0.1, 0.15) is 11.3 Å². The Labute approximate surface area is 112 Å². The van der Waals surface area contributed by atoms with Crippen LogP contribution in [-0.2, 0) is 6.18 Å². The molecule has 0 atom stereocenters. The van der Waals surface area contributed by atoms with Crippen molar-refractivity contribution < 1.29 is 17.9 Å². The lowest BCUT2D eigenvalue weighted by Gasteiger charge is -2.11. The van der Waals surface area contributed by atoms with E-state index in [1.165, 1.54) is 25.3 Å². The van der Waals surface area contributed by atoms with Gasteiger partial charge in [0.05, 0.1) is 18.4 Å². The van der Waals surface area contributed by atoms with E-state index in [9.17, 15) is 18.0 Å². The van der Waals surface area contributed by atoms with Crippen LogP contribution in [0.5, 0.6) is 5.75 Å². The Morgan fingerprint density at radius 3 is 2.55 bits per heavy atom. The number of hydrogen-bond donors (Lipinski definition) is 0. The van der Waals surface area contributed by atoms with Crippen LogP contribution in [0.4, 0.5) is 13.2 Å². The van der Waals surface area contributed by atoms with Gasteiger partial charge in [-0.15, -0.1) is 0 Å². The molecule has 1 aromatic carbocycles. The second kappa shape index (κ2) is 4.99. The standard InChI is InChI=1S/C13H11F3N2O2/c1-8-11(20-2)7-12(19)18(17-8)10-5-3-4-9(6-10)13(14,15)16/h3-7H,1-2H3. The zero-order valence-corrected chi connectivity index (χ0v) is 10.7. The van der Waals surface area contributed by atoms with Gasteiger partial charge in [0.15, 0.2) is 0 Å². The largest absolute Gasteiger partial charge is 0.495 e. The molecule has 0 amide bonds. The SMILES string of the molecule is COc1cc(=O)n(-c2cccc(C(F)(F)F)c2)nc1C. The molecule has 0 N–H and O–H groups in total.